The monoisotopic (exact) mass is 394 g/mol. The van der Waals surface area contributed by atoms with E-state index < -0.39 is 0 Å². The molecule has 4 nitrogen and oxygen atoms in total. The molecule has 1 heterocycles. The first-order valence-electron chi connectivity index (χ1n) is 9.04. The van der Waals surface area contributed by atoms with E-state index in [-0.39, 0.29) is 7.43 Å². The molecule has 146 valence electrons. The zero-order valence-corrected chi connectivity index (χ0v) is 17.2. The Morgan fingerprint density at radius 1 is 1.19 bits per heavy atom. The van der Waals surface area contributed by atoms with E-state index in [1.807, 2.05) is 0 Å². The number of hydrogen-bond donors (Lipinski definition) is 1. The number of thiocarbonyl (C=S) groups is 1. The van der Waals surface area contributed by atoms with Crippen LogP contribution in [0.3, 0.4) is 0 Å². The highest BCUT2D eigenvalue weighted by molar-refractivity contribution is 8.13. The Balaban J connectivity index is 0.00000338. The lowest BCUT2D eigenvalue weighted by molar-refractivity contribution is 0.231. The van der Waals surface area contributed by atoms with Crippen molar-refractivity contribution in [3.05, 3.63) is 29.8 Å². The van der Waals surface area contributed by atoms with Crippen molar-refractivity contribution in [2.45, 2.75) is 34.6 Å². The summed E-state index contributed by atoms with van der Waals surface area (Å²) in [6.45, 7) is 12.3. The van der Waals surface area contributed by atoms with Crippen LogP contribution in [0.5, 0.6) is 0 Å². The number of anilines is 1. The number of nitrogens with zero attached hydrogens (tertiary/aromatic N) is 3. The van der Waals surface area contributed by atoms with Gasteiger partial charge in [0.25, 0.3) is 0 Å². The predicted octanol–water partition coefficient (Wildman–Crippen LogP) is 4.04. The van der Waals surface area contributed by atoms with Gasteiger partial charge in [-0.15, -0.1) is 0 Å². The number of piperazine rings is 1. The van der Waals surface area contributed by atoms with Gasteiger partial charge < -0.3 is 10.6 Å². The minimum atomic E-state index is 0. The molecule has 0 amide bonds. The van der Waals surface area contributed by atoms with Crippen LogP contribution < -0.4 is 10.6 Å². The van der Waals surface area contributed by atoms with Crippen LogP contribution in [0.2, 0.25) is 0 Å². The Bertz CT molecular complexity index is 576. The van der Waals surface area contributed by atoms with E-state index in [0.29, 0.717) is 16.6 Å². The van der Waals surface area contributed by atoms with Crippen LogP contribution in [0.4, 0.5) is 5.69 Å². The summed E-state index contributed by atoms with van der Waals surface area (Å²) in [7, 11) is 0. The number of benzene rings is 1. The minimum Gasteiger partial charge on any atom is -0.378 e. The van der Waals surface area contributed by atoms with Crippen LogP contribution in [0.1, 0.15) is 33.8 Å². The Kier molecular flexibility index (Phi) is 10.2. The van der Waals surface area contributed by atoms with E-state index in [9.17, 15) is 0 Å². The van der Waals surface area contributed by atoms with E-state index in [1.165, 1.54) is 29.6 Å². The number of rotatable bonds is 6. The molecule has 0 radical (unpaired) electrons. The molecule has 0 bridgehead atoms. The lowest BCUT2D eigenvalue weighted by atomic mass is 10.1. The molecule has 1 aliphatic rings. The molecule has 1 fully saturated rings. The van der Waals surface area contributed by atoms with Crippen molar-refractivity contribution < 1.29 is 0 Å². The third-order valence-electron chi connectivity index (χ3n) is 4.18. The lowest BCUT2D eigenvalue weighted by Crippen LogP contribution is -2.47. The SMILES string of the molecule is C.CCSC(N)=NC(=S)Cc1ccc(N2CCN(CC(C)C)CC2)cc1. The molecular formula is C20H34N4S2. The van der Waals surface area contributed by atoms with E-state index in [2.05, 4.69) is 59.8 Å². The fourth-order valence-corrected chi connectivity index (χ4v) is 3.84. The van der Waals surface area contributed by atoms with Gasteiger partial charge in [-0.25, -0.2) is 4.99 Å². The largest absolute Gasteiger partial charge is 0.378 e. The van der Waals surface area contributed by atoms with Crippen molar-refractivity contribution >= 4 is 39.8 Å². The van der Waals surface area contributed by atoms with Gasteiger partial charge in [-0.1, -0.05) is 64.3 Å². The molecule has 26 heavy (non-hydrogen) atoms. The van der Waals surface area contributed by atoms with Gasteiger partial charge in [0.15, 0.2) is 5.17 Å². The topological polar surface area (TPSA) is 44.9 Å². The number of thioether (sulfide) groups is 1. The van der Waals surface area contributed by atoms with Crippen LogP contribution in [0.25, 0.3) is 0 Å². The van der Waals surface area contributed by atoms with Gasteiger partial charge in [0.1, 0.15) is 4.99 Å². The van der Waals surface area contributed by atoms with Crippen molar-refractivity contribution in [1.29, 1.82) is 0 Å². The van der Waals surface area contributed by atoms with Crippen LogP contribution in [0, 0.1) is 5.92 Å². The standard InChI is InChI=1S/C19H30N4S2.CH4/c1-4-25-19(20)21-18(24)13-16-5-7-17(8-6-16)23-11-9-22(10-12-23)14-15(2)3;/h5-8,15H,4,9-14H2,1-3H3,(H2,20,21,24);1H4. The second-order valence-electron chi connectivity index (χ2n) is 6.80. The molecule has 1 saturated heterocycles. The number of amidine groups is 1. The summed E-state index contributed by atoms with van der Waals surface area (Å²) in [5.41, 5.74) is 8.30. The number of nitrogens with two attached hydrogens (primary N) is 1. The quantitative estimate of drug-likeness (QED) is 0.448. The van der Waals surface area contributed by atoms with Crippen molar-refractivity contribution in [2.24, 2.45) is 16.6 Å². The van der Waals surface area contributed by atoms with Gasteiger partial charge in [-0.3, -0.25) is 4.90 Å². The molecule has 6 heteroatoms. The highest BCUT2D eigenvalue weighted by Crippen LogP contribution is 2.18. The molecule has 1 aromatic carbocycles. The van der Waals surface area contributed by atoms with Crippen molar-refractivity contribution in [3.63, 3.8) is 0 Å². The van der Waals surface area contributed by atoms with Crippen LogP contribution in [-0.2, 0) is 6.42 Å². The average molecular weight is 395 g/mol. The summed E-state index contributed by atoms with van der Waals surface area (Å²) in [5.74, 6) is 1.65. The van der Waals surface area contributed by atoms with E-state index in [0.717, 1.165) is 37.8 Å². The Morgan fingerprint density at radius 3 is 2.35 bits per heavy atom. The molecule has 0 aromatic heterocycles. The maximum absolute atomic E-state index is 5.82. The van der Waals surface area contributed by atoms with Gasteiger partial charge in [0.2, 0.25) is 0 Å². The van der Waals surface area contributed by atoms with Gasteiger partial charge in [-0.05, 0) is 29.4 Å². The summed E-state index contributed by atoms with van der Waals surface area (Å²) in [6, 6.07) is 8.70. The summed E-state index contributed by atoms with van der Waals surface area (Å²) in [6.07, 6.45) is 0.669. The van der Waals surface area contributed by atoms with Crippen molar-refractivity contribution in [2.75, 3.05) is 43.4 Å². The molecule has 1 aromatic rings. The third-order valence-corrected chi connectivity index (χ3v) is 5.09. The maximum Gasteiger partial charge on any atom is 0.159 e. The molecule has 2 N–H and O–H groups in total. The van der Waals surface area contributed by atoms with Crippen molar-refractivity contribution in [3.8, 4) is 0 Å². The van der Waals surface area contributed by atoms with Gasteiger partial charge >= 0.3 is 0 Å². The first kappa shape index (κ1) is 22.9. The zero-order chi connectivity index (χ0) is 18.2. The molecule has 0 saturated carbocycles. The Morgan fingerprint density at radius 2 is 1.81 bits per heavy atom. The first-order valence-corrected chi connectivity index (χ1v) is 10.4. The van der Waals surface area contributed by atoms with E-state index in [4.69, 9.17) is 18.0 Å². The van der Waals surface area contributed by atoms with Crippen LogP contribution >= 0.6 is 24.0 Å². The molecule has 1 aliphatic heterocycles. The summed E-state index contributed by atoms with van der Waals surface area (Å²) < 4.78 is 0. The highest BCUT2D eigenvalue weighted by Gasteiger charge is 2.17. The van der Waals surface area contributed by atoms with Gasteiger partial charge in [0.05, 0.1) is 0 Å². The molecule has 0 aliphatic carbocycles. The fraction of sp³-hybridized carbons (Fsp3) is 0.600. The van der Waals surface area contributed by atoms with Crippen molar-refractivity contribution in [1.82, 2.24) is 4.90 Å². The van der Waals surface area contributed by atoms with Gasteiger partial charge in [-0.2, -0.15) is 0 Å². The molecule has 0 spiro atoms. The van der Waals surface area contributed by atoms with E-state index >= 15 is 0 Å². The molecule has 2 rings (SSSR count). The Hall–Kier alpha value is -1.11. The van der Waals surface area contributed by atoms with Crippen LogP contribution in [0.15, 0.2) is 29.3 Å². The molecule has 0 atom stereocenters. The summed E-state index contributed by atoms with van der Waals surface area (Å²) in [4.78, 5) is 9.95. The highest BCUT2D eigenvalue weighted by atomic mass is 32.2. The zero-order valence-electron chi connectivity index (χ0n) is 15.6. The summed E-state index contributed by atoms with van der Waals surface area (Å²) in [5, 5.41) is 0.559. The average Bonchev–Trinajstić information content (AvgIpc) is 2.56. The lowest BCUT2D eigenvalue weighted by Gasteiger charge is -2.36. The number of aliphatic imine (C=N–C) groups is 1. The normalized spacial score (nSPS) is 15.8. The molecule has 0 unspecified atom stereocenters. The minimum absolute atomic E-state index is 0. The third kappa shape index (κ3) is 7.64. The van der Waals surface area contributed by atoms with E-state index in [1.54, 1.807) is 0 Å². The second kappa shape index (κ2) is 11.6. The first-order chi connectivity index (χ1) is 12.0. The van der Waals surface area contributed by atoms with Crippen LogP contribution in [-0.4, -0.2) is 53.5 Å². The van der Waals surface area contributed by atoms with Gasteiger partial charge in [0, 0.05) is 44.8 Å². The Labute approximate surface area is 169 Å². The predicted molar refractivity (Wildman–Crippen MR) is 123 cm³/mol. The smallest absolute Gasteiger partial charge is 0.159 e. The fourth-order valence-electron chi connectivity index (χ4n) is 3.05. The second-order valence-corrected chi connectivity index (χ2v) is 8.56. The summed E-state index contributed by atoms with van der Waals surface area (Å²) >= 11 is 6.86. The molecular weight excluding hydrogens is 360 g/mol. The maximum atomic E-state index is 5.82. The number of hydrogen-bond acceptors (Lipinski definition) is 4.